The van der Waals surface area contributed by atoms with Crippen LogP contribution in [0.25, 0.3) is 0 Å². The minimum atomic E-state index is -0.0943. The molecule has 0 spiro atoms. The van der Waals surface area contributed by atoms with E-state index in [2.05, 4.69) is 4.99 Å². The van der Waals surface area contributed by atoms with Gasteiger partial charge in [0.1, 0.15) is 0 Å². The zero-order valence-corrected chi connectivity index (χ0v) is 15.4. The largest absolute Gasteiger partial charge is 0.378 e. The fraction of sp³-hybridized carbons (Fsp3) is 0.0909. The highest BCUT2D eigenvalue weighted by Gasteiger charge is 2.13. The molecule has 0 aliphatic carbocycles. The number of benzene rings is 3. The van der Waals surface area contributed by atoms with Gasteiger partial charge in [0.05, 0.1) is 5.69 Å². The van der Waals surface area contributed by atoms with E-state index in [9.17, 15) is 4.79 Å². The monoisotopic (exact) mass is 362 g/mol. The predicted molar refractivity (Wildman–Crippen MR) is 109 cm³/mol. The Labute approximate surface area is 158 Å². The Balaban J connectivity index is 1.92. The highest BCUT2D eigenvalue weighted by atomic mass is 35.5. The molecule has 0 aromatic heterocycles. The summed E-state index contributed by atoms with van der Waals surface area (Å²) in [5, 5.41) is 0.513. The third-order valence-electron chi connectivity index (χ3n) is 4.00. The minimum Gasteiger partial charge on any atom is -0.378 e. The topological polar surface area (TPSA) is 32.7 Å². The van der Waals surface area contributed by atoms with Crippen LogP contribution in [0.15, 0.2) is 77.8 Å². The lowest BCUT2D eigenvalue weighted by molar-refractivity contribution is 0.103. The van der Waals surface area contributed by atoms with Crippen molar-refractivity contribution >= 4 is 35.0 Å². The number of hydrogen-bond acceptors (Lipinski definition) is 3. The molecular weight excluding hydrogens is 344 g/mol. The van der Waals surface area contributed by atoms with Crippen molar-refractivity contribution in [3.8, 4) is 0 Å². The van der Waals surface area contributed by atoms with Crippen molar-refractivity contribution in [3.05, 3.63) is 94.5 Å². The number of anilines is 1. The van der Waals surface area contributed by atoms with Crippen LogP contribution in [0, 0.1) is 0 Å². The van der Waals surface area contributed by atoms with E-state index in [0.717, 1.165) is 11.3 Å². The molecule has 3 aromatic rings. The van der Waals surface area contributed by atoms with Crippen LogP contribution in [-0.2, 0) is 0 Å². The molecule has 0 saturated carbocycles. The van der Waals surface area contributed by atoms with Gasteiger partial charge in [0, 0.05) is 42.1 Å². The maximum Gasteiger partial charge on any atom is 0.195 e. The number of hydrogen-bond donors (Lipinski definition) is 0. The lowest BCUT2D eigenvalue weighted by atomic mass is 10.0. The Kier molecular flexibility index (Phi) is 5.49. The lowest BCUT2D eigenvalue weighted by Crippen LogP contribution is -2.08. The van der Waals surface area contributed by atoms with E-state index in [0.29, 0.717) is 21.8 Å². The van der Waals surface area contributed by atoms with Crippen LogP contribution in [0.5, 0.6) is 0 Å². The summed E-state index contributed by atoms with van der Waals surface area (Å²) in [6.07, 6.45) is 1.75. The number of nitrogens with zero attached hydrogens (tertiary/aromatic N) is 2. The van der Waals surface area contributed by atoms with Crippen molar-refractivity contribution < 1.29 is 4.79 Å². The van der Waals surface area contributed by atoms with Gasteiger partial charge in [-0.25, -0.2) is 0 Å². The maximum atomic E-state index is 12.8. The summed E-state index contributed by atoms with van der Waals surface area (Å²) in [7, 11) is 4.00. The van der Waals surface area contributed by atoms with Crippen LogP contribution in [0.4, 0.5) is 11.4 Å². The Morgan fingerprint density at radius 2 is 1.65 bits per heavy atom. The average molecular weight is 363 g/mol. The highest BCUT2D eigenvalue weighted by Crippen LogP contribution is 2.26. The van der Waals surface area contributed by atoms with Crippen molar-refractivity contribution in [3.63, 3.8) is 0 Å². The van der Waals surface area contributed by atoms with Gasteiger partial charge in [-0.05, 0) is 35.9 Å². The van der Waals surface area contributed by atoms with E-state index in [4.69, 9.17) is 11.6 Å². The number of rotatable bonds is 5. The second-order valence-electron chi connectivity index (χ2n) is 6.10. The summed E-state index contributed by atoms with van der Waals surface area (Å²) >= 11 is 6.10. The van der Waals surface area contributed by atoms with Gasteiger partial charge in [0.25, 0.3) is 0 Å². The molecule has 0 atom stereocenters. The molecule has 0 aliphatic rings. The summed E-state index contributed by atoms with van der Waals surface area (Å²) < 4.78 is 0. The van der Waals surface area contributed by atoms with Crippen LogP contribution in [0.2, 0.25) is 5.02 Å². The van der Waals surface area contributed by atoms with Crippen molar-refractivity contribution in [1.82, 2.24) is 0 Å². The zero-order chi connectivity index (χ0) is 18.5. The van der Waals surface area contributed by atoms with Gasteiger partial charge in [-0.1, -0.05) is 54.1 Å². The van der Waals surface area contributed by atoms with E-state index in [-0.39, 0.29) is 5.78 Å². The van der Waals surface area contributed by atoms with E-state index in [1.54, 1.807) is 36.5 Å². The molecule has 3 rings (SSSR count). The number of carbonyl (C=O) groups is 1. The number of ketones is 1. The first-order chi connectivity index (χ1) is 12.5. The van der Waals surface area contributed by atoms with Gasteiger partial charge in [-0.2, -0.15) is 0 Å². The van der Waals surface area contributed by atoms with Crippen molar-refractivity contribution in [2.45, 2.75) is 0 Å². The summed E-state index contributed by atoms with van der Waals surface area (Å²) in [5.74, 6) is -0.0943. The standard InChI is InChI=1S/C22H19ClN2O/c1-25(2)19-11-8-16(9-12-19)15-24-21-13-10-18(23)14-20(21)22(26)17-6-4-3-5-7-17/h3-15H,1-2H3. The molecule has 3 nitrogen and oxygen atoms in total. The van der Waals surface area contributed by atoms with Crippen LogP contribution < -0.4 is 4.90 Å². The second-order valence-corrected chi connectivity index (χ2v) is 6.54. The van der Waals surface area contributed by atoms with Crippen LogP contribution in [0.1, 0.15) is 21.5 Å². The normalized spacial score (nSPS) is 10.9. The highest BCUT2D eigenvalue weighted by molar-refractivity contribution is 6.31. The van der Waals surface area contributed by atoms with E-state index in [1.807, 2.05) is 61.5 Å². The predicted octanol–water partition coefficient (Wildman–Crippen LogP) is 5.39. The van der Waals surface area contributed by atoms with Gasteiger partial charge in [-0.15, -0.1) is 0 Å². The Hall–Kier alpha value is -2.91. The fourth-order valence-corrected chi connectivity index (χ4v) is 2.72. The molecule has 0 N–H and O–H groups in total. The Morgan fingerprint density at radius 1 is 0.962 bits per heavy atom. The smallest absolute Gasteiger partial charge is 0.195 e. The van der Waals surface area contributed by atoms with Crippen LogP contribution in [-0.4, -0.2) is 26.1 Å². The molecule has 0 bridgehead atoms. The summed E-state index contributed by atoms with van der Waals surface area (Å²) in [6, 6.07) is 22.4. The lowest BCUT2D eigenvalue weighted by Gasteiger charge is -2.11. The molecule has 0 heterocycles. The van der Waals surface area contributed by atoms with E-state index in [1.165, 1.54) is 0 Å². The molecule has 0 aliphatic heterocycles. The van der Waals surface area contributed by atoms with Crippen molar-refractivity contribution in [1.29, 1.82) is 0 Å². The summed E-state index contributed by atoms with van der Waals surface area (Å²) in [4.78, 5) is 19.4. The van der Waals surface area contributed by atoms with Gasteiger partial charge >= 0.3 is 0 Å². The first-order valence-corrected chi connectivity index (χ1v) is 8.63. The fourth-order valence-electron chi connectivity index (χ4n) is 2.55. The second kappa shape index (κ2) is 7.98. The van der Waals surface area contributed by atoms with Gasteiger partial charge in [0.15, 0.2) is 5.78 Å². The summed E-state index contributed by atoms with van der Waals surface area (Å²) in [5.41, 5.74) is 3.78. The van der Waals surface area contributed by atoms with Crippen molar-refractivity contribution in [2.24, 2.45) is 4.99 Å². The van der Waals surface area contributed by atoms with E-state index >= 15 is 0 Å². The van der Waals surface area contributed by atoms with E-state index < -0.39 is 0 Å². The Bertz CT molecular complexity index is 932. The SMILES string of the molecule is CN(C)c1ccc(C=Nc2ccc(Cl)cc2C(=O)c2ccccc2)cc1. The molecule has 130 valence electrons. The molecule has 26 heavy (non-hydrogen) atoms. The minimum absolute atomic E-state index is 0.0943. The summed E-state index contributed by atoms with van der Waals surface area (Å²) in [6.45, 7) is 0. The number of aliphatic imine (C=N–C) groups is 1. The Morgan fingerprint density at radius 3 is 2.31 bits per heavy atom. The van der Waals surface area contributed by atoms with Crippen LogP contribution in [0.3, 0.4) is 0 Å². The molecular formula is C22H19ClN2O. The average Bonchev–Trinajstić information content (AvgIpc) is 2.67. The zero-order valence-electron chi connectivity index (χ0n) is 14.7. The third-order valence-corrected chi connectivity index (χ3v) is 4.24. The molecule has 0 saturated heterocycles. The maximum absolute atomic E-state index is 12.8. The molecule has 0 amide bonds. The van der Waals surface area contributed by atoms with Gasteiger partial charge in [-0.3, -0.25) is 9.79 Å². The molecule has 4 heteroatoms. The molecule has 0 radical (unpaired) electrons. The third kappa shape index (κ3) is 4.19. The first kappa shape index (κ1) is 17.9. The first-order valence-electron chi connectivity index (χ1n) is 8.25. The molecule has 0 unspecified atom stereocenters. The number of halogens is 1. The van der Waals surface area contributed by atoms with Gasteiger partial charge < -0.3 is 4.90 Å². The van der Waals surface area contributed by atoms with Crippen LogP contribution >= 0.6 is 11.6 Å². The molecule has 3 aromatic carbocycles. The van der Waals surface area contributed by atoms with Crippen molar-refractivity contribution in [2.75, 3.05) is 19.0 Å². The number of carbonyl (C=O) groups excluding carboxylic acids is 1. The quantitative estimate of drug-likeness (QED) is 0.450. The van der Waals surface area contributed by atoms with Gasteiger partial charge in [0.2, 0.25) is 0 Å². The molecule has 0 fully saturated rings.